The molecule has 0 saturated heterocycles. The first-order chi connectivity index (χ1) is 8.68. The number of aromatic nitrogens is 1. The van der Waals surface area contributed by atoms with Crippen molar-refractivity contribution in [2.75, 3.05) is 6.54 Å². The minimum absolute atomic E-state index is 0.0801. The molecule has 0 radical (unpaired) electrons. The lowest BCUT2D eigenvalue weighted by Crippen LogP contribution is -2.24. The zero-order valence-electron chi connectivity index (χ0n) is 10.6. The second-order valence-corrected chi connectivity index (χ2v) is 4.39. The van der Waals surface area contributed by atoms with Crippen LogP contribution in [-0.2, 0) is 0 Å². The number of aliphatic hydroxyl groups excluding tert-OH is 1. The molecule has 2 N–H and O–H groups in total. The molecule has 2 atom stereocenters. The summed E-state index contributed by atoms with van der Waals surface area (Å²) in [4.78, 5) is 3.93. The maximum absolute atomic E-state index is 10.0. The SMILES string of the molecule is Cc1ccoc1C(C)NCC(O)c1ccncc1. The van der Waals surface area contributed by atoms with Gasteiger partial charge in [-0.25, -0.2) is 0 Å². The normalized spacial score (nSPS) is 14.4. The Kier molecular flexibility index (Phi) is 4.12. The van der Waals surface area contributed by atoms with Gasteiger partial charge in [0.1, 0.15) is 5.76 Å². The van der Waals surface area contributed by atoms with Gasteiger partial charge < -0.3 is 14.8 Å². The molecule has 2 aromatic rings. The highest BCUT2D eigenvalue weighted by Crippen LogP contribution is 2.19. The summed E-state index contributed by atoms with van der Waals surface area (Å²) < 4.78 is 5.41. The van der Waals surface area contributed by atoms with Crippen LogP contribution in [0.4, 0.5) is 0 Å². The maximum Gasteiger partial charge on any atom is 0.123 e. The van der Waals surface area contributed by atoms with Crippen LogP contribution >= 0.6 is 0 Å². The Morgan fingerprint density at radius 2 is 2.06 bits per heavy atom. The van der Waals surface area contributed by atoms with Gasteiger partial charge in [0.2, 0.25) is 0 Å². The van der Waals surface area contributed by atoms with Crippen molar-refractivity contribution >= 4 is 0 Å². The van der Waals surface area contributed by atoms with Gasteiger partial charge in [0, 0.05) is 18.9 Å². The summed E-state index contributed by atoms with van der Waals surface area (Å²) in [6.07, 6.45) is 4.50. The first-order valence-corrected chi connectivity index (χ1v) is 6.04. The molecule has 2 unspecified atom stereocenters. The molecular weight excluding hydrogens is 228 g/mol. The van der Waals surface area contributed by atoms with Gasteiger partial charge in [0.05, 0.1) is 18.4 Å². The van der Waals surface area contributed by atoms with Crippen molar-refractivity contribution in [3.05, 3.63) is 53.7 Å². The van der Waals surface area contributed by atoms with E-state index in [0.29, 0.717) is 6.54 Å². The minimum atomic E-state index is -0.536. The van der Waals surface area contributed by atoms with Crippen molar-refractivity contribution in [3.8, 4) is 0 Å². The number of pyridine rings is 1. The fraction of sp³-hybridized carbons (Fsp3) is 0.357. The summed E-state index contributed by atoms with van der Waals surface area (Å²) in [5, 5.41) is 13.3. The Balaban J connectivity index is 1.90. The zero-order valence-corrected chi connectivity index (χ0v) is 10.6. The minimum Gasteiger partial charge on any atom is -0.467 e. The summed E-state index contributed by atoms with van der Waals surface area (Å²) in [7, 11) is 0. The van der Waals surface area contributed by atoms with E-state index in [1.54, 1.807) is 18.7 Å². The second kappa shape index (κ2) is 5.80. The molecule has 0 aliphatic heterocycles. The Bertz CT molecular complexity index is 482. The third-order valence-electron chi connectivity index (χ3n) is 3.00. The largest absolute Gasteiger partial charge is 0.467 e. The van der Waals surface area contributed by atoms with E-state index in [-0.39, 0.29) is 6.04 Å². The van der Waals surface area contributed by atoms with Crippen LogP contribution < -0.4 is 5.32 Å². The predicted molar refractivity (Wildman–Crippen MR) is 69.1 cm³/mol. The number of furan rings is 1. The number of aryl methyl sites for hydroxylation is 1. The molecular formula is C14H18N2O2. The van der Waals surface area contributed by atoms with Gasteiger partial charge in [-0.1, -0.05) is 0 Å². The van der Waals surface area contributed by atoms with E-state index >= 15 is 0 Å². The number of hydrogen-bond donors (Lipinski definition) is 2. The number of rotatable bonds is 5. The lowest BCUT2D eigenvalue weighted by atomic mass is 10.1. The van der Waals surface area contributed by atoms with E-state index < -0.39 is 6.10 Å². The number of hydrogen-bond acceptors (Lipinski definition) is 4. The lowest BCUT2D eigenvalue weighted by molar-refractivity contribution is 0.169. The smallest absolute Gasteiger partial charge is 0.123 e. The zero-order chi connectivity index (χ0) is 13.0. The standard InChI is InChI=1S/C14H18N2O2/c1-10-5-8-18-14(10)11(2)16-9-13(17)12-3-6-15-7-4-12/h3-8,11,13,16-17H,9H2,1-2H3. The van der Waals surface area contributed by atoms with Crippen LogP contribution in [-0.4, -0.2) is 16.6 Å². The van der Waals surface area contributed by atoms with Gasteiger partial charge in [0.15, 0.2) is 0 Å². The summed E-state index contributed by atoms with van der Waals surface area (Å²) in [5.74, 6) is 0.914. The van der Waals surface area contributed by atoms with Crippen molar-refractivity contribution in [2.24, 2.45) is 0 Å². The van der Waals surface area contributed by atoms with Gasteiger partial charge in [-0.2, -0.15) is 0 Å². The summed E-state index contributed by atoms with van der Waals surface area (Å²) >= 11 is 0. The molecule has 2 aromatic heterocycles. The first kappa shape index (κ1) is 12.8. The number of nitrogens with one attached hydrogen (secondary N) is 1. The quantitative estimate of drug-likeness (QED) is 0.850. The van der Waals surface area contributed by atoms with Crippen LogP contribution in [0.25, 0.3) is 0 Å². The fourth-order valence-electron chi connectivity index (χ4n) is 1.91. The van der Waals surface area contributed by atoms with Gasteiger partial charge in [-0.15, -0.1) is 0 Å². The summed E-state index contributed by atoms with van der Waals surface area (Å²) in [6.45, 7) is 4.51. The molecule has 0 amide bonds. The molecule has 0 saturated carbocycles. The Morgan fingerprint density at radius 1 is 1.33 bits per heavy atom. The van der Waals surface area contributed by atoms with Crippen molar-refractivity contribution in [1.82, 2.24) is 10.3 Å². The molecule has 2 rings (SSSR count). The predicted octanol–water partition coefficient (Wildman–Crippen LogP) is 2.37. The molecule has 0 bridgehead atoms. The highest BCUT2D eigenvalue weighted by molar-refractivity contribution is 5.18. The van der Waals surface area contributed by atoms with Crippen molar-refractivity contribution in [1.29, 1.82) is 0 Å². The van der Waals surface area contributed by atoms with Crippen LogP contribution in [0.2, 0.25) is 0 Å². The molecule has 4 heteroatoms. The molecule has 0 aliphatic rings. The fourth-order valence-corrected chi connectivity index (χ4v) is 1.91. The maximum atomic E-state index is 10.0. The molecule has 0 spiro atoms. The van der Waals surface area contributed by atoms with Crippen LogP contribution in [0.5, 0.6) is 0 Å². The molecule has 96 valence electrons. The van der Waals surface area contributed by atoms with E-state index in [0.717, 1.165) is 16.9 Å². The molecule has 0 fully saturated rings. The third kappa shape index (κ3) is 2.97. The highest BCUT2D eigenvalue weighted by atomic mass is 16.3. The van der Waals surface area contributed by atoms with E-state index in [1.165, 1.54) is 0 Å². The lowest BCUT2D eigenvalue weighted by Gasteiger charge is -2.16. The van der Waals surface area contributed by atoms with Crippen LogP contribution in [0.3, 0.4) is 0 Å². The monoisotopic (exact) mass is 246 g/mol. The molecule has 18 heavy (non-hydrogen) atoms. The molecule has 0 aromatic carbocycles. The highest BCUT2D eigenvalue weighted by Gasteiger charge is 2.14. The molecule has 0 aliphatic carbocycles. The summed E-state index contributed by atoms with van der Waals surface area (Å²) in [6, 6.07) is 5.65. The van der Waals surface area contributed by atoms with Crippen LogP contribution in [0.1, 0.15) is 36.0 Å². The Morgan fingerprint density at radius 3 is 2.67 bits per heavy atom. The number of aliphatic hydroxyl groups is 1. The van der Waals surface area contributed by atoms with E-state index in [9.17, 15) is 5.11 Å². The molecule has 2 heterocycles. The van der Waals surface area contributed by atoms with E-state index in [1.807, 2.05) is 32.0 Å². The van der Waals surface area contributed by atoms with Gasteiger partial charge in [-0.3, -0.25) is 4.98 Å². The van der Waals surface area contributed by atoms with E-state index in [4.69, 9.17) is 4.42 Å². The van der Waals surface area contributed by atoms with Gasteiger partial charge >= 0.3 is 0 Å². The average Bonchev–Trinajstić information content (AvgIpc) is 2.83. The van der Waals surface area contributed by atoms with Crippen LogP contribution in [0, 0.1) is 6.92 Å². The Labute approximate surface area is 107 Å². The van der Waals surface area contributed by atoms with Gasteiger partial charge in [0.25, 0.3) is 0 Å². The first-order valence-electron chi connectivity index (χ1n) is 6.04. The topological polar surface area (TPSA) is 58.3 Å². The average molecular weight is 246 g/mol. The van der Waals surface area contributed by atoms with Gasteiger partial charge in [-0.05, 0) is 43.2 Å². The van der Waals surface area contributed by atoms with E-state index in [2.05, 4.69) is 10.3 Å². The second-order valence-electron chi connectivity index (χ2n) is 4.39. The third-order valence-corrected chi connectivity index (χ3v) is 3.00. The van der Waals surface area contributed by atoms with Crippen LogP contribution in [0.15, 0.2) is 41.3 Å². The molecule has 4 nitrogen and oxygen atoms in total. The number of nitrogens with zero attached hydrogens (tertiary/aromatic N) is 1. The van der Waals surface area contributed by atoms with Crippen molar-refractivity contribution in [3.63, 3.8) is 0 Å². The summed E-state index contributed by atoms with van der Waals surface area (Å²) in [5.41, 5.74) is 1.98. The van der Waals surface area contributed by atoms with Crippen molar-refractivity contribution < 1.29 is 9.52 Å². The van der Waals surface area contributed by atoms with Crippen molar-refractivity contribution in [2.45, 2.75) is 26.0 Å². The Hall–Kier alpha value is -1.65.